The van der Waals surface area contributed by atoms with Crippen LogP contribution in [-0.4, -0.2) is 30.2 Å². The fourth-order valence-electron chi connectivity index (χ4n) is 3.24. The zero-order valence-electron chi connectivity index (χ0n) is 17.6. The molecular formula is C24H25N3O3. The summed E-state index contributed by atoms with van der Waals surface area (Å²) in [6.07, 6.45) is 1.51. The predicted octanol–water partition coefficient (Wildman–Crippen LogP) is 4.36. The van der Waals surface area contributed by atoms with Crippen molar-refractivity contribution in [1.29, 1.82) is 5.26 Å². The number of benzene rings is 2. The van der Waals surface area contributed by atoms with Gasteiger partial charge in [-0.1, -0.05) is 32.0 Å². The van der Waals surface area contributed by atoms with Crippen molar-refractivity contribution in [3.63, 3.8) is 0 Å². The highest BCUT2D eigenvalue weighted by molar-refractivity contribution is 6.29. The minimum absolute atomic E-state index is 0.0310. The van der Waals surface area contributed by atoms with Crippen molar-refractivity contribution >= 4 is 23.7 Å². The Hall–Kier alpha value is -3.46. The molecule has 6 heteroatoms. The number of amides is 2. The number of fused-ring (bicyclic) bond motifs is 1. The van der Waals surface area contributed by atoms with Crippen molar-refractivity contribution < 1.29 is 14.3 Å². The van der Waals surface area contributed by atoms with Gasteiger partial charge in [0.05, 0.1) is 24.3 Å². The second kappa shape index (κ2) is 8.50. The summed E-state index contributed by atoms with van der Waals surface area (Å²) < 4.78 is 5.45. The number of carbonyl (C=O) groups excluding carboxylic acids is 2. The number of nitriles is 1. The Bertz CT molecular complexity index is 1020. The molecule has 0 saturated carbocycles. The first kappa shape index (κ1) is 21.3. The molecule has 3 rings (SSSR count). The summed E-state index contributed by atoms with van der Waals surface area (Å²) in [6.45, 7) is 7.97. The van der Waals surface area contributed by atoms with E-state index < -0.39 is 17.4 Å². The molecule has 2 aromatic rings. The molecule has 1 heterocycles. The van der Waals surface area contributed by atoms with Crippen LogP contribution in [0.5, 0.6) is 5.75 Å². The van der Waals surface area contributed by atoms with Crippen LogP contribution in [0.15, 0.2) is 53.5 Å². The molecule has 0 aliphatic carbocycles. The van der Waals surface area contributed by atoms with Crippen molar-refractivity contribution in [1.82, 2.24) is 0 Å². The number of anilines is 1. The second-order valence-corrected chi connectivity index (χ2v) is 7.66. The van der Waals surface area contributed by atoms with E-state index in [0.29, 0.717) is 29.2 Å². The van der Waals surface area contributed by atoms with Gasteiger partial charge in [-0.2, -0.15) is 5.26 Å². The minimum atomic E-state index is -0.958. The lowest BCUT2D eigenvalue weighted by atomic mass is 9.87. The molecule has 6 nitrogen and oxygen atoms in total. The smallest absolute Gasteiger partial charge is 0.265 e. The summed E-state index contributed by atoms with van der Waals surface area (Å²) in [5.41, 5.74) is 0.557. The zero-order chi connectivity index (χ0) is 21.9. The topological polar surface area (TPSA) is 82.8 Å². The molecule has 1 aliphatic heterocycles. The SMILES string of the molecule is CCOc1ccc(N2C(=O)c3ccccc3[C@@H](C=N[C@@](C)(C#N)C(C)C)C2=O)cc1. The third kappa shape index (κ3) is 3.84. The first-order valence-corrected chi connectivity index (χ1v) is 9.99. The Kier molecular flexibility index (Phi) is 6.02. The molecule has 0 bridgehead atoms. The van der Waals surface area contributed by atoms with Gasteiger partial charge in [-0.25, -0.2) is 4.90 Å². The van der Waals surface area contributed by atoms with Crippen LogP contribution in [0, 0.1) is 17.2 Å². The van der Waals surface area contributed by atoms with E-state index in [1.54, 1.807) is 55.5 Å². The van der Waals surface area contributed by atoms with Gasteiger partial charge in [0.2, 0.25) is 5.91 Å². The van der Waals surface area contributed by atoms with Crippen LogP contribution in [0.2, 0.25) is 0 Å². The second-order valence-electron chi connectivity index (χ2n) is 7.66. The summed E-state index contributed by atoms with van der Waals surface area (Å²) in [6, 6.07) is 16.1. The number of hydrogen-bond acceptors (Lipinski definition) is 5. The van der Waals surface area contributed by atoms with E-state index in [1.165, 1.54) is 11.1 Å². The first-order chi connectivity index (χ1) is 14.3. The van der Waals surface area contributed by atoms with Crippen molar-refractivity contribution in [2.24, 2.45) is 10.9 Å². The Morgan fingerprint density at radius 1 is 1.20 bits per heavy atom. The first-order valence-electron chi connectivity index (χ1n) is 9.99. The highest BCUT2D eigenvalue weighted by atomic mass is 16.5. The van der Waals surface area contributed by atoms with E-state index in [0.717, 1.165) is 0 Å². The van der Waals surface area contributed by atoms with Crippen molar-refractivity contribution in [3.05, 3.63) is 59.7 Å². The van der Waals surface area contributed by atoms with E-state index in [2.05, 4.69) is 11.1 Å². The average molecular weight is 403 g/mol. The summed E-state index contributed by atoms with van der Waals surface area (Å²) in [5, 5.41) is 9.56. The Balaban J connectivity index is 2.05. The highest BCUT2D eigenvalue weighted by Gasteiger charge is 2.39. The molecule has 2 aromatic carbocycles. The maximum Gasteiger partial charge on any atom is 0.265 e. The van der Waals surface area contributed by atoms with Gasteiger partial charge in [0, 0.05) is 11.8 Å². The quantitative estimate of drug-likeness (QED) is 0.530. The molecule has 1 aliphatic rings. The molecule has 154 valence electrons. The van der Waals surface area contributed by atoms with Gasteiger partial charge in [0.15, 0.2) is 0 Å². The molecule has 30 heavy (non-hydrogen) atoms. The summed E-state index contributed by atoms with van der Waals surface area (Å²) in [7, 11) is 0. The molecule has 0 N–H and O–H groups in total. The van der Waals surface area contributed by atoms with Crippen LogP contribution in [0.3, 0.4) is 0 Å². The molecule has 2 amide bonds. The van der Waals surface area contributed by atoms with Gasteiger partial charge >= 0.3 is 0 Å². The minimum Gasteiger partial charge on any atom is -0.494 e. The van der Waals surface area contributed by atoms with Crippen molar-refractivity contribution in [2.75, 3.05) is 11.5 Å². The fourth-order valence-corrected chi connectivity index (χ4v) is 3.24. The predicted molar refractivity (Wildman–Crippen MR) is 116 cm³/mol. The zero-order valence-corrected chi connectivity index (χ0v) is 17.6. The van der Waals surface area contributed by atoms with E-state index in [1.807, 2.05) is 20.8 Å². The van der Waals surface area contributed by atoms with Crippen LogP contribution in [-0.2, 0) is 4.79 Å². The maximum absolute atomic E-state index is 13.4. The molecule has 0 unspecified atom stereocenters. The molecule has 0 aromatic heterocycles. The Morgan fingerprint density at radius 3 is 2.47 bits per heavy atom. The number of hydrogen-bond donors (Lipinski definition) is 0. The van der Waals surface area contributed by atoms with E-state index in [9.17, 15) is 14.9 Å². The van der Waals surface area contributed by atoms with Gasteiger partial charge < -0.3 is 4.74 Å². The lowest BCUT2D eigenvalue weighted by Crippen LogP contribution is -2.45. The largest absolute Gasteiger partial charge is 0.494 e. The summed E-state index contributed by atoms with van der Waals surface area (Å²) in [4.78, 5) is 32.2. The summed E-state index contributed by atoms with van der Waals surface area (Å²) >= 11 is 0. The average Bonchev–Trinajstić information content (AvgIpc) is 2.74. The highest BCUT2D eigenvalue weighted by Crippen LogP contribution is 2.33. The maximum atomic E-state index is 13.4. The number of rotatable bonds is 6. The number of imide groups is 1. The van der Waals surface area contributed by atoms with Gasteiger partial charge in [-0.15, -0.1) is 0 Å². The van der Waals surface area contributed by atoms with Crippen LogP contribution < -0.4 is 9.64 Å². The monoisotopic (exact) mass is 403 g/mol. The lowest BCUT2D eigenvalue weighted by Gasteiger charge is -2.31. The van der Waals surface area contributed by atoms with E-state index in [4.69, 9.17) is 4.74 Å². The molecule has 2 atom stereocenters. The van der Waals surface area contributed by atoms with Crippen LogP contribution in [0.4, 0.5) is 5.69 Å². The standard InChI is InChI=1S/C24H25N3O3/c1-5-30-18-12-10-17(11-13-18)27-22(28)20-9-7-6-8-19(20)21(23(27)29)14-26-24(4,15-25)16(2)3/h6-14,16,21H,5H2,1-4H3/t21-,24+/m1/s1. The van der Waals surface area contributed by atoms with Crippen LogP contribution in [0.25, 0.3) is 0 Å². The van der Waals surface area contributed by atoms with Gasteiger partial charge in [-0.3, -0.25) is 14.6 Å². The van der Waals surface area contributed by atoms with E-state index >= 15 is 0 Å². The third-order valence-electron chi connectivity index (χ3n) is 5.46. The summed E-state index contributed by atoms with van der Waals surface area (Å²) in [5.74, 6) is -0.890. The lowest BCUT2D eigenvalue weighted by molar-refractivity contribution is -0.118. The van der Waals surface area contributed by atoms with Crippen molar-refractivity contribution in [2.45, 2.75) is 39.2 Å². The van der Waals surface area contributed by atoms with Crippen LogP contribution >= 0.6 is 0 Å². The Labute approximate surface area is 176 Å². The molecule has 0 saturated heterocycles. The van der Waals surface area contributed by atoms with Gasteiger partial charge in [0.1, 0.15) is 11.3 Å². The van der Waals surface area contributed by atoms with E-state index in [-0.39, 0.29) is 11.8 Å². The molecule has 0 radical (unpaired) electrons. The fraction of sp³-hybridized carbons (Fsp3) is 0.333. The molecule has 0 spiro atoms. The van der Waals surface area contributed by atoms with Gasteiger partial charge in [-0.05, 0) is 55.7 Å². The number of aliphatic imine (C=N–C) groups is 1. The third-order valence-corrected chi connectivity index (χ3v) is 5.46. The molecule has 0 fully saturated rings. The normalized spacial score (nSPS) is 18.3. The molecular weight excluding hydrogens is 378 g/mol. The number of nitrogens with zero attached hydrogens (tertiary/aromatic N) is 3. The number of carbonyl (C=O) groups is 2. The number of ether oxygens (including phenoxy) is 1. The van der Waals surface area contributed by atoms with Crippen LogP contribution in [0.1, 0.15) is 49.5 Å². The Morgan fingerprint density at radius 2 is 1.87 bits per heavy atom. The van der Waals surface area contributed by atoms with Crippen molar-refractivity contribution in [3.8, 4) is 11.8 Å². The van der Waals surface area contributed by atoms with Gasteiger partial charge in [0.25, 0.3) is 5.91 Å².